The van der Waals surface area contributed by atoms with Crippen LogP contribution in [0.5, 0.6) is 0 Å². The van der Waals surface area contributed by atoms with Gasteiger partial charge in [0.25, 0.3) is 0 Å². The predicted octanol–water partition coefficient (Wildman–Crippen LogP) is 5.25. The number of rotatable bonds is 3. The normalized spacial score (nSPS) is 30.8. The number of amides is 1. The van der Waals surface area contributed by atoms with Crippen molar-refractivity contribution in [3.63, 3.8) is 0 Å². The number of ketones is 1. The summed E-state index contributed by atoms with van der Waals surface area (Å²) in [6.07, 6.45) is 13.3. The number of aliphatic hydroxyl groups excluding tert-OH is 2. The molecule has 1 aromatic carbocycles. The molecule has 3 fully saturated rings. The van der Waals surface area contributed by atoms with Gasteiger partial charge in [0.15, 0.2) is 5.78 Å². The van der Waals surface area contributed by atoms with Crippen LogP contribution in [-0.2, 0) is 9.59 Å². The Morgan fingerprint density at radius 3 is 2.33 bits per heavy atom. The summed E-state index contributed by atoms with van der Waals surface area (Å²) in [7, 11) is 0. The summed E-state index contributed by atoms with van der Waals surface area (Å²) in [6.45, 7) is 10.7. The highest BCUT2D eigenvalue weighted by Gasteiger charge is 2.56. The highest BCUT2D eigenvalue weighted by atomic mass is 16.3. The van der Waals surface area contributed by atoms with Crippen molar-refractivity contribution in [1.82, 2.24) is 4.90 Å². The molecular weight excluding hydrogens is 524 g/mol. The fraction of sp³-hybridized carbons (Fsp3) is 0.611. The number of carbonyl (C=O) groups is 2. The van der Waals surface area contributed by atoms with E-state index < -0.39 is 6.61 Å². The number of terminal acetylenes is 1. The van der Waals surface area contributed by atoms with Gasteiger partial charge in [0, 0.05) is 49.6 Å². The number of hydrogen-bond acceptors (Lipinski definition) is 5. The molecular formula is C36H48N2O4. The molecule has 1 aromatic rings. The monoisotopic (exact) mass is 572 g/mol. The van der Waals surface area contributed by atoms with Gasteiger partial charge in [-0.2, -0.15) is 0 Å². The van der Waals surface area contributed by atoms with Crippen LogP contribution >= 0.6 is 0 Å². The van der Waals surface area contributed by atoms with Crippen molar-refractivity contribution in [3.05, 3.63) is 52.6 Å². The van der Waals surface area contributed by atoms with E-state index in [-0.39, 0.29) is 34.5 Å². The molecule has 2 N–H and O–H groups in total. The Kier molecular flexibility index (Phi) is 8.75. The first kappa shape index (κ1) is 30.6. The maximum Gasteiger partial charge on any atom is 0.248 e. The molecule has 0 radical (unpaired) electrons. The van der Waals surface area contributed by atoms with Gasteiger partial charge in [-0.1, -0.05) is 24.6 Å². The standard InChI is InChI=1S/C30H38N2O4.C6H10/c1-30-17-25(19-2-5-21(6-3-19)31-12-14-32(15-13-31)28(36)18-33)29-23-9-7-22(34)16-20(23)4-8-24(29)26(30)10-11-27(30)35;1-5-6(2,3)4/h2-3,5-6,16,24-27,33,35H,4,7-15,17-18H2,1H3;1H,2-4H3. The fourth-order valence-electron chi connectivity index (χ4n) is 8.16. The SMILES string of the molecule is C#CC(C)(C)C.CC12CC(c3ccc(N4CCN(C(=O)CO)CC4)cc3)C3=C4CCC(=O)C=C4CCC3C1CCC2O. The first-order valence-electron chi connectivity index (χ1n) is 15.8. The predicted molar refractivity (Wildman–Crippen MR) is 167 cm³/mol. The minimum absolute atomic E-state index is 0.0562. The quantitative estimate of drug-likeness (QED) is 0.484. The molecule has 226 valence electrons. The zero-order chi connectivity index (χ0) is 30.2. The van der Waals surface area contributed by atoms with Crippen LogP contribution in [0.2, 0.25) is 0 Å². The van der Waals surface area contributed by atoms with Gasteiger partial charge < -0.3 is 20.0 Å². The summed E-state index contributed by atoms with van der Waals surface area (Å²) in [6, 6.07) is 8.96. The molecule has 2 saturated carbocycles. The average molecular weight is 573 g/mol. The number of nitrogens with zero attached hydrogens (tertiary/aromatic N) is 2. The second-order valence-corrected chi connectivity index (χ2v) is 14.2. The highest BCUT2D eigenvalue weighted by Crippen LogP contribution is 2.63. The lowest BCUT2D eigenvalue weighted by atomic mass is 9.53. The lowest BCUT2D eigenvalue weighted by Crippen LogP contribution is -2.49. The van der Waals surface area contributed by atoms with E-state index in [1.807, 2.05) is 26.8 Å². The zero-order valence-corrected chi connectivity index (χ0v) is 25.9. The Bertz CT molecular complexity index is 1290. The van der Waals surface area contributed by atoms with Crippen molar-refractivity contribution < 1.29 is 19.8 Å². The van der Waals surface area contributed by atoms with Crippen molar-refractivity contribution in [3.8, 4) is 12.3 Å². The number of anilines is 1. The van der Waals surface area contributed by atoms with Crippen LogP contribution in [0.25, 0.3) is 0 Å². The van der Waals surface area contributed by atoms with Crippen molar-refractivity contribution in [2.45, 2.75) is 84.7 Å². The maximum absolute atomic E-state index is 12.2. The molecule has 1 heterocycles. The van der Waals surface area contributed by atoms with Crippen molar-refractivity contribution in [1.29, 1.82) is 0 Å². The number of benzene rings is 1. The smallest absolute Gasteiger partial charge is 0.248 e. The largest absolute Gasteiger partial charge is 0.393 e. The zero-order valence-electron chi connectivity index (χ0n) is 25.9. The molecule has 0 spiro atoms. The van der Waals surface area contributed by atoms with E-state index in [4.69, 9.17) is 11.5 Å². The first-order chi connectivity index (χ1) is 19.9. The molecule has 1 amide bonds. The Hall–Kier alpha value is -2.88. The molecule has 1 aliphatic heterocycles. The number of piperazine rings is 1. The molecule has 6 nitrogen and oxygen atoms in total. The van der Waals surface area contributed by atoms with Gasteiger partial charge in [-0.05, 0) is 111 Å². The van der Waals surface area contributed by atoms with Crippen LogP contribution in [-0.4, -0.2) is 65.7 Å². The lowest BCUT2D eigenvalue weighted by molar-refractivity contribution is -0.134. The second kappa shape index (κ2) is 12.0. The minimum atomic E-state index is -0.422. The summed E-state index contributed by atoms with van der Waals surface area (Å²) in [5.74, 6) is 3.99. The van der Waals surface area contributed by atoms with E-state index in [9.17, 15) is 14.7 Å². The van der Waals surface area contributed by atoms with Gasteiger partial charge in [-0.3, -0.25) is 9.59 Å². The Morgan fingerprint density at radius 1 is 1.05 bits per heavy atom. The molecule has 0 aromatic heterocycles. The van der Waals surface area contributed by atoms with Crippen molar-refractivity contribution in [2.24, 2.45) is 22.7 Å². The lowest BCUT2D eigenvalue weighted by Gasteiger charge is -2.52. The summed E-state index contributed by atoms with van der Waals surface area (Å²) in [5.41, 5.74) is 6.79. The molecule has 5 aliphatic rings. The van der Waals surface area contributed by atoms with Gasteiger partial charge in [0.2, 0.25) is 5.91 Å². The molecule has 5 unspecified atom stereocenters. The first-order valence-corrected chi connectivity index (χ1v) is 15.8. The number of carbonyl (C=O) groups excluding carboxylic acids is 2. The van der Waals surface area contributed by atoms with Crippen LogP contribution in [0.15, 0.2) is 47.1 Å². The van der Waals surface area contributed by atoms with Crippen LogP contribution in [0.1, 0.15) is 84.1 Å². The fourth-order valence-corrected chi connectivity index (χ4v) is 8.16. The second-order valence-electron chi connectivity index (χ2n) is 14.2. The van der Waals surface area contributed by atoms with Gasteiger partial charge >= 0.3 is 0 Å². The summed E-state index contributed by atoms with van der Waals surface area (Å²) in [5, 5.41) is 20.2. The third-order valence-corrected chi connectivity index (χ3v) is 10.5. The molecule has 6 heteroatoms. The molecule has 1 saturated heterocycles. The molecule has 0 bridgehead atoms. The van der Waals surface area contributed by atoms with Gasteiger partial charge in [-0.15, -0.1) is 12.3 Å². The average Bonchev–Trinajstić information content (AvgIpc) is 3.29. The third kappa shape index (κ3) is 5.96. The van der Waals surface area contributed by atoms with Crippen LogP contribution < -0.4 is 4.90 Å². The van der Waals surface area contributed by atoms with E-state index in [0.29, 0.717) is 31.3 Å². The Morgan fingerprint density at radius 2 is 1.71 bits per heavy atom. The van der Waals surface area contributed by atoms with Gasteiger partial charge in [0.1, 0.15) is 6.61 Å². The van der Waals surface area contributed by atoms with Crippen LogP contribution in [0, 0.1) is 35.0 Å². The van der Waals surface area contributed by atoms with E-state index in [2.05, 4.69) is 42.0 Å². The molecule has 42 heavy (non-hydrogen) atoms. The van der Waals surface area contributed by atoms with Gasteiger partial charge in [-0.25, -0.2) is 0 Å². The highest BCUT2D eigenvalue weighted by molar-refractivity contribution is 5.93. The minimum Gasteiger partial charge on any atom is -0.393 e. The molecule has 6 rings (SSSR count). The number of fused-ring (bicyclic) bond motifs is 4. The topological polar surface area (TPSA) is 81.1 Å². The number of aliphatic hydroxyl groups is 2. The number of allylic oxidation sites excluding steroid dienone is 4. The van der Waals surface area contributed by atoms with Crippen molar-refractivity contribution in [2.75, 3.05) is 37.7 Å². The van der Waals surface area contributed by atoms with E-state index in [0.717, 1.165) is 57.3 Å². The van der Waals surface area contributed by atoms with Crippen LogP contribution in [0.4, 0.5) is 5.69 Å². The van der Waals surface area contributed by atoms with E-state index in [1.165, 1.54) is 16.7 Å². The Labute approximate surface area is 251 Å². The van der Waals surface area contributed by atoms with Crippen molar-refractivity contribution >= 4 is 17.4 Å². The van der Waals surface area contributed by atoms with Gasteiger partial charge in [0.05, 0.1) is 6.10 Å². The molecule has 5 atom stereocenters. The third-order valence-electron chi connectivity index (χ3n) is 10.5. The Balaban J connectivity index is 0.000000535. The summed E-state index contributed by atoms with van der Waals surface area (Å²) >= 11 is 0. The maximum atomic E-state index is 12.2. The molecule has 4 aliphatic carbocycles. The van der Waals surface area contributed by atoms with E-state index in [1.54, 1.807) is 10.5 Å². The van der Waals surface area contributed by atoms with E-state index >= 15 is 0 Å². The summed E-state index contributed by atoms with van der Waals surface area (Å²) < 4.78 is 0. The number of hydrogen-bond donors (Lipinski definition) is 2. The van der Waals surface area contributed by atoms with Crippen LogP contribution in [0.3, 0.4) is 0 Å². The summed E-state index contributed by atoms with van der Waals surface area (Å²) in [4.78, 5) is 28.0.